The summed E-state index contributed by atoms with van der Waals surface area (Å²) in [6.45, 7) is 0. The monoisotopic (exact) mass is 217 g/mol. The van der Waals surface area contributed by atoms with Gasteiger partial charge in [0.2, 0.25) is 0 Å². The molecule has 0 N–H and O–H groups in total. The minimum atomic E-state index is -0.252. The Morgan fingerprint density at radius 1 is 1.38 bits per heavy atom. The molecule has 1 aliphatic carbocycles. The Morgan fingerprint density at radius 2 is 2.25 bits per heavy atom. The third kappa shape index (κ3) is 1.19. The summed E-state index contributed by atoms with van der Waals surface area (Å²) in [6.07, 6.45) is 2.07. The fraction of sp³-hybridized carbons (Fsp3) is 0.167. The fourth-order valence-corrected chi connectivity index (χ4v) is 2.12. The molecule has 4 heteroatoms. The van der Waals surface area contributed by atoms with Crippen LogP contribution in [0.2, 0.25) is 0 Å². The Labute approximate surface area is 90.9 Å². The molecule has 3 nitrogen and oxygen atoms in total. The van der Waals surface area contributed by atoms with Gasteiger partial charge >= 0.3 is 0 Å². The van der Waals surface area contributed by atoms with Crippen LogP contribution in [0.3, 0.4) is 0 Å². The van der Waals surface area contributed by atoms with Gasteiger partial charge < -0.3 is 4.52 Å². The number of rotatable bonds is 1. The first-order valence-corrected chi connectivity index (χ1v) is 5.02. The van der Waals surface area contributed by atoms with Gasteiger partial charge in [0, 0.05) is 11.1 Å². The second kappa shape index (κ2) is 3.27. The van der Waals surface area contributed by atoms with Crippen LogP contribution in [0, 0.1) is 5.82 Å². The van der Waals surface area contributed by atoms with Gasteiger partial charge in [-0.15, -0.1) is 0 Å². The van der Waals surface area contributed by atoms with Gasteiger partial charge in [0.25, 0.3) is 0 Å². The van der Waals surface area contributed by atoms with Crippen molar-refractivity contribution >= 4 is 6.29 Å². The predicted octanol–water partition coefficient (Wildman–Crippen LogP) is 2.39. The van der Waals surface area contributed by atoms with Crippen LogP contribution in [-0.2, 0) is 12.8 Å². The number of halogens is 1. The molecule has 0 saturated heterocycles. The number of aromatic nitrogens is 1. The molecular weight excluding hydrogens is 209 g/mol. The van der Waals surface area contributed by atoms with Gasteiger partial charge in [-0.3, -0.25) is 4.79 Å². The minimum Gasteiger partial charge on any atom is -0.355 e. The van der Waals surface area contributed by atoms with Crippen LogP contribution in [0.5, 0.6) is 0 Å². The van der Waals surface area contributed by atoms with E-state index in [1.165, 1.54) is 12.1 Å². The Balaban J connectivity index is 2.23. The highest BCUT2D eigenvalue weighted by molar-refractivity contribution is 5.80. The van der Waals surface area contributed by atoms with Crippen LogP contribution in [0.15, 0.2) is 22.7 Å². The minimum absolute atomic E-state index is 0.252. The van der Waals surface area contributed by atoms with Crippen molar-refractivity contribution in [3.8, 4) is 11.3 Å². The van der Waals surface area contributed by atoms with Gasteiger partial charge in [0.1, 0.15) is 11.5 Å². The summed E-state index contributed by atoms with van der Waals surface area (Å²) in [5, 5.41) is 3.70. The number of carbonyl (C=O) groups is 1. The zero-order valence-corrected chi connectivity index (χ0v) is 8.37. The second-order valence-electron chi connectivity index (χ2n) is 3.79. The summed E-state index contributed by atoms with van der Waals surface area (Å²) in [5.74, 6) is 0.348. The van der Waals surface area contributed by atoms with Crippen LogP contribution in [0.1, 0.15) is 21.6 Å². The Kier molecular flexibility index (Phi) is 1.89. The first-order chi connectivity index (χ1) is 7.79. The normalized spacial score (nSPS) is 13.1. The number of carbonyl (C=O) groups excluding carboxylic acids is 1. The highest BCUT2D eigenvalue weighted by atomic mass is 19.1. The topological polar surface area (TPSA) is 43.1 Å². The molecule has 0 atom stereocenters. The molecule has 1 heterocycles. The molecule has 3 rings (SSSR count). The van der Waals surface area contributed by atoms with Crippen molar-refractivity contribution in [1.82, 2.24) is 5.16 Å². The van der Waals surface area contributed by atoms with Gasteiger partial charge in [-0.05, 0) is 36.6 Å². The van der Waals surface area contributed by atoms with Crippen molar-refractivity contribution < 1.29 is 13.7 Å². The highest BCUT2D eigenvalue weighted by Gasteiger charge is 2.24. The average Bonchev–Trinajstić information content (AvgIpc) is 2.71. The molecular formula is C12H8FNO2. The lowest BCUT2D eigenvalue weighted by atomic mass is 9.90. The van der Waals surface area contributed by atoms with E-state index in [0.29, 0.717) is 30.6 Å². The quantitative estimate of drug-likeness (QED) is 0.689. The van der Waals surface area contributed by atoms with Crippen molar-refractivity contribution in [2.45, 2.75) is 12.8 Å². The number of aldehydes is 1. The maximum Gasteiger partial charge on any atom is 0.172 e. The van der Waals surface area contributed by atoms with E-state index in [1.54, 1.807) is 6.07 Å². The van der Waals surface area contributed by atoms with Crippen LogP contribution >= 0.6 is 0 Å². The number of aryl methyl sites for hydroxylation is 1. The Hall–Kier alpha value is -1.97. The first kappa shape index (κ1) is 9.27. The van der Waals surface area contributed by atoms with E-state index < -0.39 is 0 Å². The lowest BCUT2D eigenvalue weighted by Crippen LogP contribution is -2.04. The number of nitrogens with zero attached hydrogens (tertiary/aromatic N) is 1. The van der Waals surface area contributed by atoms with Crippen LogP contribution in [0.25, 0.3) is 11.3 Å². The molecule has 0 fully saturated rings. The lowest BCUT2D eigenvalue weighted by molar-refractivity contribution is 0.111. The Bertz CT molecular complexity index is 574. The summed E-state index contributed by atoms with van der Waals surface area (Å²) in [5.41, 5.74) is 2.92. The van der Waals surface area contributed by atoms with Gasteiger partial charge in [-0.2, -0.15) is 0 Å². The summed E-state index contributed by atoms with van der Waals surface area (Å²) in [4.78, 5) is 10.7. The van der Waals surface area contributed by atoms with Crippen LogP contribution < -0.4 is 0 Å². The largest absolute Gasteiger partial charge is 0.355 e. The van der Waals surface area contributed by atoms with E-state index in [1.807, 2.05) is 0 Å². The number of hydrogen-bond acceptors (Lipinski definition) is 3. The van der Waals surface area contributed by atoms with Crippen molar-refractivity contribution in [3.05, 3.63) is 40.8 Å². The lowest BCUT2D eigenvalue weighted by Gasteiger charge is -2.13. The molecule has 0 spiro atoms. The van der Waals surface area contributed by atoms with Gasteiger partial charge in [0.15, 0.2) is 12.0 Å². The van der Waals surface area contributed by atoms with Crippen LogP contribution in [-0.4, -0.2) is 11.4 Å². The van der Waals surface area contributed by atoms with E-state index >= 15 is 0 Å². The first-order valence-electron chi connectivity index (χ1n) is 5.02. The molecule has 2 aromatic rings. The molecule has 1 aromatic heterocycles. The molecule has 16 heavy (non-hydrogen) atoms. The van der Waals surface area contributed by atoms with E-state index in [0.717, 1.165) is 16.7 Å². The van der Waals surface area contributed by atoms with Crippen molar-refractivity contribution in [2.75, 3.05) is 0 Å². The molecule has 0 aliphatic heterocycles. The molecule has 0 bridgehead atoms. The van der Waals surface area contributed by atoms with E-state index in [-0.39, 0.29) is 5.82 Å². The summed E-state index contributed by atoms with van der Waals surface area (Å²) < 4.78 is 18.2. The second-order valence-corrected chi connectivity index (χ2v) is 3.79. The number of hydrogen-bond donors (Lipinski definition) is 0. The third-order valence-electron chi connectivity index (χ3n) is 2.89. The molecule has 0 amide bonds. The highest BCUT2D eigenvalue weighted by Crippen LogP contribution is 2.34. The van der Waals surface area contributed by atoms with E-state index in [2.05, 4.69) is 5.16 Å². The standard InChI is InChI=1S/C12H8FNO2/c13-8-2-4-9-7(5-8)1-3-10-11(6-15)14-16-12(9)10/h2,4-6H,1,3H2. The van der Waals surface area contributed by atoms with Crippen molar-refractivity contribution in [2.24, 2.45) is 0 Å². The molecule has 0 radical (unpaired) electrons. The maximum atomic E-state index is 13.0. The molecule has 0 saturated carbocycles. The fourth-order valence-electron chi connectivity index (χ4n) is 2.12. The Morgan fingerprint density at radius 3 is 3.06 bits per heavy atom. The zero-order chi connectivity index (χ0) is 11.1. The molecule has 1 aromatic carbocycles. The maximum absolute atomic E-state index is 13.0. The van der Waals surface area contributed by atoms with Crippen LogP contribution in [0.4, 0.5) is 4.39 Å². The predicted molar refractivity (Wildman–Crippen MR) is 54.7 cm³/mol. The summed E-state index contributed by atoms with van der Waals surface area (Å²) >= 11 is 0. The molecule has 80 valence electrons. The number of benzene rings is 1. The summed E-state index contributed by atoms with van der Waals surface area (Å²) in [7, 11) is 0. The van der Waals surface area contributed by atoms with Gasteiger partial charge in [-0.25, -0.2) is 4.39 Å². The summed E-state index contributed by atoms with van der Waals surface area (Å²) in [6, 6.07) is 4.56. The van der Waals surface area contributed by atoms with E-state index in [4.69, 9.17) is 4.52 Å². The molecule has 1 aliphatic rings. The molecule has 0 unspecified atom stereocenters. The third-order valence-corrected chi connectivity index (χ3v) is 2.89. The van der Waals surface area contributed by atoms with Crippen molar-refractivity contribution in [1.29, 1.82) is 0 Å². The zero-order valence-electron chi connectivity index (χ0n) is 8.37. The SMILES string of the molecule is O=Cc1noc2c1CCc1cc(F)ccc1-2. The smallest absolute Gasteiger partial charge is 0.172 e. The van der Waals surface area contributed by atoms with E-state index in [9.17, 15) is 9.18 Å². The van der Waals surface area contributed by atoms with Crippen molar-refractivity contribution in [3.63, 3.8) is 0 Å². The average molecular weight is 217 g/mol. The van der Waals surface area contributed by atoms with Gasteiger partial charge in [0.05, 0.1) is 0 Å². The number of fused-ring (bicyclic) bond motifs is 3. The van der Waals surface area contributed by atoms with Gasteiger partial charge in [-0.1, -0.05) is 5.16 Å².